The zero-order valence-corrected chi connectivity index (χ0v) is 11.4. The maximum Gasteiger partial charge on any atom is 0.257 e. The molecule has 0 radical (unpaired) electrons. The first kappa shape index (κ1) is 13.1. The first-order chi connectivity index (χ1) is 8.54. The fourth-order valence-corrected chi connectivity index (χ4v) is 2.78. The lowest BCUT2D eigenvalue weighted by atomic mass is 10.1. The van der Waals surface area contributed by atoms with Crippen molar-refractivity contribution >= 4 is 23.2 Å². The SMILES string of the molecule is CCC1CCC(C)N1C(=O)c1cc(N)cnc1Cl. The van der Waals surface area contributed by atoms with E-state index in [4.69, 9.17) is 17.3 Å². The lowest BCUT2D eigenvalue weighted by Gasteiger charge is -2.28. The number of carbonyl (C=O) groups excluding carboxylic acids is 1. The molecule has 2 rings (SSSR count). The number of nitrogen functional groups attached to an aromatic ring is 1. The maximum absolute atomic E-state index is 12.5. The molecule has 4 nitrogen and oxygen atoms in total. The average molecular weight is 268 g/mol. The Morgan fingerprint density at radius 3 is 3.00 bits per heavy atom. The Morgan fingerprint density at radius 1 is 1.61 bits per heavy atom. The molecule has 2 N–H and O–H groups in total. The summed E-state index contributed by atoms with van der Waals surface area (Å²) in [5, 5.41) is 0.225. The van der Waals surface area contributed by atoms with Crippen LogP contribution in [0.4, 0.5) is 5.69 Å². The lowest BCUT2D eigenvalue weighted by molar-refractivity contribution is 0.0676. The van der Waals surface area contributed by atoms with Crippen LogP contribution in [-0.4, -0.2) is 27.9 Å². The number of halogens is 1. The number of rotatable bonds is 2. The van der Waals surface area contributed by atoms with Gasteiger partial charge in [0, 0.05) is 12.1 Å². The molecule has 1 aromatic heterocycles. The van der Waals surface area contributed by atoms with E-state index >= 15 is 0 Å². The first-order valence-electron chi connectivity index (χ1n) is 6.28. The highest BCUT2D eigenvalue weighted by Gasteiger charge is 2.34. The molecule has 1 fully saturated rings. The van der Waals surface area contributed by atoms with Gasteiger partial charge >= 0.3 is 0 Å². The summed E-state index contributed by atoms with van der Waals surface area (Å²) in [7, 11) is 0. The van der Waals surface area contributed by atoms with E-state index < -0.39 is 0 Å². The molecule has 5 heteroatoms. The van der Waals surface area contributed by atoms with Gasteiger partial charge in [0.2, 0.25) is 0 Å². The second kappa shape index (κ2) is 5.14. The van der Waals surface area contributed by atoms with Gasteiger partial charge in [0.1, 0.15) is 5.15 Å². The van der Waals surface area contributed by atoms with Crippen LogP contribution in [0.25, 0.3) is 0 Å². The summed E-state index contributed by atoms with van der Waals surface area (Å²) in [6.07, 6.45) is 4.52. The number of nitrogens with zero attached hydrogens (tertiary/aromatic N) is 2. The van der Waals surface area contributed by atoms with Crippen LogP contribution in [-0.2, 0) is 0 Å². The molecule has 0 spiro atoms. The van der Waals surface area contributed by atoms with Crippen molar-refractivity contribution in [1.82, 2.24) is 9.88 Å². The van der Waals surface area contributed by atoms with Gasteiger partial charge in [0.05, 0.1) is 17.4 Å². The lowest BCUT2D eigenvalue weighted by Crippen LogP contribution is -2.39. The summed E-state index contributed by atoms with van der Waals surface area (Å²) >= 11 is 5.99. The molecule has 0 saturated carbocycles. The van der Waals surface area contributed by atoms with Crippen LogP contribution in [0, 0.1) is 0 Å². The van der Waals surface area contributed by atoms with Gasteiger partial charge in [0.15, 0.2) is 0 Å². The molecular weight excluding hydrogens is 250 g/mol. The van der Waals surface area contributed by atoms with Crippen LogP contribution in [0.1, 0.15) is 43.5 Å². The predicted octanol–water partition coefficient (Wildman–Crippen LogP) is 2.72. The zero-order chi connectivity index (χ0) is 13.3. The molecule has 1 aromatic rings. The number of hydrogen-bond donors (Lipinski definition) is 1. The molecule has 1 aliphatic heterocycles. The maximum atomic E-state index is 12.5. The van der Waals surface area contributed by atoms with E-state index in [1.165, 1.54) is 6.20 Å². The Labute approximate surface area is 112 Å². The van der Waals surface area contributed by atoms with E-state index in [1.807, 2.05) is 4.90 Å². The quantitative estimate of drug-likeness (QED) is 0.838. The fraction of sp³-hybridized carbons (Fsp3) is 0.538. The van der Waals surface area contributed by atoms with Gasteiger partial charge in [-0.1, -0.05) is 18.5 Å². The van der Waals surface area contributed by atoms with Crippen molar-refractivity contribution in [1.29, 1.82) is 0 Å². The highest BCUT2D eigenvalue weighted by Crippen LogP contribution is 2.29. The number of nitrogens with two attached hydrogens (primary N) is 1. The molecule has 0 aliphatic carbocycles. The third-order valence-corrected chi connectivity index (χ3v) is 3.88. The smallest absolute Gasteiger partial charge is 0.257 e. The minimum Gasteiger partial charge on any atom is -0.397 e. The van der Waals surface area contributed by atoms with Crippen molar-refractivity contribution in [3.8, 4) is 0 Å². The number of likely N-dealkylation sites (tertiary alicyclic amines) is 1. The Balaban J connectivity index is 2.32. The van der Waals surface area contributed by atoms with E-state index in [0.717, 1.165) is 19.3 Å². The van der Waals surface area contributed by atoms with Gasteiger partial charge in [-0.15, -0.1) is 0 Å². The summed E-state index contributed by atoms with van der Waals surface area (Å²) in [5.74, 6) is -0.0587. The van der Waals surface area contributed by atoms with Crippen LogP contribution in [0.3, 0.4) is 0 Å². The van der Waals surface area contributed by atoms with Crippen LogP contribution in [0.15, 0.2) is 12.3 Å². The Bertz CT molecular complexity index is 464. The Kier molecular flexibility index (Phi) is 3.76. The van der Waals surface area contributed by atoms with Crippen molar-refractivity contribution in [2.45, 2.75) is 45.2 Å². The molecule has 1 amide bonds. The molecule has 0 aromatic carbocycles. The van der Waals surface area contributed by atoms with Gasteiger partial charge < -0.3 is 10.6 Å². The second-order valence-corrected chi connectivity index (χ2v) is 5.17. The molecule has 0 bridgehead atoms. The molecular formula is C13H18ClN3O. The van der Waals surface area contributed by atoms with Crippen molar-refractivity contribution in [2.75, 3.05) is 5.73 Å². The highest BCUT2D eigenvalue weighted by atomic mass is 35.5. The molecule has 18 heavy (non-hydrogen) atoms. The van der Waals surface area contributed by atoms with Crippen molar-refractivity contribution in [3.63, 3.8) is 0 Å². The van der Waals surface area contributed by atoms with Crippen LogP contribution >= 0.6 is 11.6 Å². The minimum atomic E-state index is -0.0587. The molecule has 98 valence electrons. The predicted molar refractivity (Wildman–Crippen MR) is 72.6 cm³/mol. The number of aromatic nitrogens is 1. The van der Waals surface area contributed by atoms with Gasteiger partial charge in [0.25, 0.3) is 5.91 Å². The normalized spacial score (nSPS) is 23.4. The summed E-state index contributed by atoms with van der Waals surface area (Å²) < 4.78 is 0. The van der Waals surface area contributed by atoms with Crippen molar-refractivity contribution < 1.29 is 4.79 Å². The number of anilines is 1. The number of carbonyl (C=O) groups is 1. The monoisotopic (exact) mass is 267 g/mol. The van der Waals surface area contributed by atoms with Crippen LogP contribution in [0.2, 0.25) is 5.15 Å². The fourth-order valence-electron chi connectivity index (χ4n) is 2.59. The summed E-state index contributed by atoms with van der Waals surface area (Å²) in [6.45, 7) is 4.17. The number of hydrogen-bond acceptors (Lipinski definition) is 3. The summed E-state index contributed by atoms with van der Waals surface area (Å²) in [5.41, 5.74) is 6.54. The van der Waals surface area contributed by atoms with Gasteiger partial charge in [-0.2, -0.15) is 0 Å². The number of pyridine rings is 1. The zero-order valence-electron chi connectivity index (χ0n) is 10.7. The van der Waals surface area contributed by atoms with Gasteiger partial charge in [-0.3, -0.25) is 4.79 Å². The first-order valence-corrected chi connectivity index (χ1v) is 6.66. The van der Waals surface area contributed by atoms with Crippen LogP contribution < -0.4 is 5.73 Å². The molecule has 2 atom stereocenters. The second-order valence-electron chi connectivity index (χ2n) is 4.81. The van der Waals surface area contributed by atoms with E-state index in [2.05, 4.69) is 18.8 Å². The van der Waals surface area contributed by atoms with Crippen molar-refractivity contribution in [2.24, 2.45) is 0 Å². The van der Waals surface area contributed by atoms with E-state index in [0.29, 0.717) is 17.3 Å². The topological polar surface area (TPSA) is 59.2 Å². The average Bonchev–Trinajstić information content (AvgIpc) is 2.72. The van der Waals surface area contributed by atoms with Gasteiger partial charge in [-0.25, -0.2) is 4.98 Å². The third kappa shape index (κ3) is 2.29. The largest absolute Gasteiger partial charge is 0.397 e. The molecule has 2 heterocycles. The third-order valence-electron chi connectivity index (χ3n) is 3.58. The van der Waals surface area contributed by atoms with Gasteiger partial charge in [-0.05, 0) is 32.3 Å². The Hall–Kier alpha value is -1.29. The number of amides is 1. The van der Waals surface area contributed by atoms with E-state index in [-0.39, 0.29) is 17.1 Å². The minimum absolute atomic E-state index is 0.0587. The summed E-state index contributed by atoms with van der Waals surface area (Å²) in [6, 6.07) is 2.15. The molecule has 1 saturated heterocycles. The summed E-state index contributed by atoms with van der Waals surface area (Å²) in [4.78, 5) is 18.4. The van der Waals surface area contributed by atoms with Crippen LogP contribution in [0.5, 0.6) is 0 Å². The highest BCUT2D eigenvalue weighted by molar-refractivity contribution is 6.32. The van der Waals surface area contributed by atoms with Crippen molar-refractivity contribution in [3.05, 3.63) is 23.0 Å². The van der Waals surface area contributed by atoms with E-state index in [1.54, 1.807) is 6.07 Å². The molecule has 1 aliphatic rings. The Morgan fingerprint density at radius 2 is 2.33 bits per heavy atom. The molecule has 2 unspecified atom stereocenters. The standard InChI is InChI=1S/C13H18ClN3O/c1-3-10-5-4-8(2)17(10)13(18)11-6-9(15)7-16-12(11)14/h6-8,10H,3-5,15H2,1-2H3. The van der Waals surface area contributed by atoms with E-state index in [9.17, 15) is 4.79 Å².